The van der Waals surface area contributed by atoms with Gasteiger partial charge in [0.05, 0.1) is 23.1 Å². The van der Waals surface area contributed by atoms with Gasteiger partial charge in [-0.25, -0.2) is 0 Å². The summed E-state index contributed by atoms with van der Waals surface area (Å²) in [7, 11) is 0. The fourth-order valence-electron chi connectivity index (χ4n) is 3.52. The van der Waals surface area contributed by atoms with Gasteiger partial charge < -0.3 is 20.3 Å². The zero-order chi connectivity index (χ0) is 18.2. The highest BCUT2D eigenvalue weighted by Crippen LogP contribution is 2.34. The molecule has 1 saturated heterocycles. The molecule has 0 spiro atoms. The fourth-order valence-corrected chi connectivity index (χ4v) is 3.52. The second kappa shape index (κ2) is 6.40. The molecular weight excluding hydrogens is 342 g/mol. The maximum absolute atomic E-state index is 10.5. The average Bonchev–Trinajstić information content (AvgIpc) is 3.38. The Balaban J connectivity index is 1.50. The Morgan fingerprint density at radius 3 is 2.67 bits per heavy atom. The Labute approximate surface area is 155 Å². The Bertz CT molecular complexity index is 1080. The quantitative estimate of drug-likeness (QED) is 0.445. The molecular formula is C19H19N7O. The van der Waals surface area contributed by atoms with Crippen molar-refractivity contribution in [3.05, 3.63) is 42.9 Å². The molecule has 1 aromatic carbocycles. The van der Waals surface area contributed by atoms with Gasteiger partial charge in [0.2, 0.25) is 0 Å². The highest BCUT2D eigenvalue weighted by Gasteiger charge is 2.17. The van der Waals surface area contributed by atoms with Gasteiger partial charge in [-0.2, -0.15) is 5.10 Å². The Hall–Kier alpha value is -3.39. The lowest BCUT2D eigenvalue weighted by Crippen LogP contribution is -2.43. The first kappa shape index (κ1) is 15.8. The number of fused-ring (bicyclic) bond motifs is 1. The van der Waals surface area contributed by atoms with Crippen molar-refractivity contribution in [2.45, 2.75) is 0 Å². The van der Waals surface area contributed by atoms with E-state index in [0.29, 0.717) is 11.3 Å². The summed E-state index contributed by atoms with van der Waals surface area (Å²) in [6, 6.07) is 7.44. The van der Waals surface area contributed by atoms with Crippen molar-refractivity contribution in [1.29, 1.82) is 0 Å². The molecule has 0 saturated carbocycles. The van der Waals surface area contributed by atoms with Crippen LogP contribution in [0, 0.1) is 0 Å². The zero-order valence-corrected chi connectivity index (χ0v) is 14.6. The number of aromatic nitrogens is 5. The van der Waals surface area contributed by atoms with E-state index < -0.39 is 0 Å². The van der Waals surface area contributed by atoms with Crippen molar-refractivity contribution in [3.63, 3.8) is 0 Å². The third-order valence-corrected chi connectivity index (χ3v) is 4.96. The van der Waals surface area contributed by atoms with E-state index in [-0.39, 0.29) is 5.75 Å². The summed E-state index contributed by atoms with van der Waals surface area (Å²) < 4.78 is 0. The van der Waals surface area contributed by atoms with Gasteiger partial charge in [0, 0.05) is 49.7 Å². The maximum atomic E-state index is 10.5. The second-order valence-corrected chi connectivity index (χ2v) is 6.62. The molecule has 0 aliphatic carbocycles. The van der Waals surface area contributed by atoms with Crippen LogP contribution in [0.15, 0.2) is 42.9 Å². The Morgan fingerprint density at radius 1 is 1.00 bits per heavy atom. The van der Waals surface area contributed by atoms with Crippen LogP contribution in [-0.4, -0.2) is 56.7 Å². The molecule has 4 aromatic rings. The number of nitrogens with one attached hydrogen (secondary N) is 3. The van der Waals surface area contributed by atoms with Crippen LogP contribution in [0.2, 0.25) is 0 Å². The summed E-state index contributed by atoms with van der Waals surface area (Å²) in [5.74, 6) is 0.163. The molecule has 27 heavy (non-hydrogen) atoms. The number of rotatable bonds is 3. The molecule has 0 radical (unpaired) electrons. The number of hydrogen-bond donors (Lipinski definition) is 4. The standard InChI is InChI=1S/C19H19N7O/c27-18-7-12(13-9-22-23-10-13)1-2-14(18)15-8-16-19(25-24-15)17(11-21-16)26-5-3-20-4-6-26/h1-2,7-11,20-21,27H,3-6H2,(H,22,23). The molecule has 1 aliphatic rings. The van der Waals surface area contributed by atoms with Crippen LogP contribution in [-0.2, 0) is 0 Å². The lowest BCUT2D eigenvalue weighted by Gasteiger charge is -2.28. The lowest BCUT2D eigenvalue weighted by molar-refractivity contribution is 0.477. The van der Waals surface area contributed by atoms with E-state index in [1.165, 1.54) is 0 Å². The number of benzene rings is 1. The summed E-state index contributed by atoms with van der Waals surface area (Å²) in [4.78, 5) is 5.60. The largest absolute Gasteiger partial charge is 0.507 e. The van der Waals surface area contributed by atoms with Crippen molar-refractivity contribution in [2.75, 3.05) is 31.1 Å². The average molecular weight is 361 g/mol. The number of H-pyrrole nitrogens is 2. The molecule has 1 fully saturated rings. The summed E-state index contributed by atoms with van der Waals surface area (Å²) in [6.07, 6.45) is 5.49. The molecule has 0 unspecified atom stereocenters. The number of anilines is 1. The van der Waals surface area contributed by atoms with Crippen LogP contribution in [0.3, 0.4) is 0 Å². The van der Waals surface area contributed by atoms with Gasteiger partial charge in [0.15, 0.2) is 0 Å². The predicted molar refractivity (Wildman–Crippen MR) is 104 cm³/mol. The number of aromatic amines is 2. The molecule has 0 atom stereocenters. The number of hydrogen-bond acceptors (Lipinski definition) is 6. The van der Waals surface area contributed by atoms with Gasteiger partial charge in [-0.1, -0.05) is 6.07 Å². The summed E-state index contributed by atoms with van der Waals surface area (Å²) in [6.45, 7) is 3.84. The number of nitrogens with zero attached hydrogens (tertiary/aromatic N) is 4. The van der Waals surface area contributed by atoms with Gasteiger partial charge in [0.25, 0.3) is 0 Å². The zero-order valence-electron chi connectivity index (χ0n) is 14.6. The number of phenols is 1. The minimum absolute atomic E-state index is 0.163. The van der Waals surface area contributed by atoms with Crippen LogP contribution < -0.4 is 10.2 Å². The fraction of sp³-hybridized carbons (Fsp3) is 0.211. The van der Waals surface area contributed by atoms with E-state index in [1.807, 2.05) is 24.4 Å². The number of piperazine rings is 1. The molecule has 1 aliphatic heterocycles. The predicted octanol–water partition coefficient (Wildman–Crippen LogP) is 2.13. The van der Waals surface area contributed by atoms with Crippen molar-refractivity contribution < 1.29 is 5.11 Å². The van der Waals surface area contributed by atoms with Crippen molar-refractivity contribution in [1.82, 2.24) is 30.7 Å². The smallest absolute Gasteiger partial charge is 0.134 e. The van der Waals surface area contributed by atoms with Crippen LogP contribution in [0.5, 0.6) is 5.75 Å². The second-order valence-electron chi connectivity index (χ2n) is 6.62. The van der Waals surface area contributed by atoms with Gasteiger partial charge in [-0.3, -0.25) is 5.10 Å². The van der Waals surface area contributed by atoms with Crippen LogP contribution in [0.4, 0.5) is 5.69 Å². The normalized spacial score (nSPS) is 14.7. The first-order valence-corrected chi connectivity index (χ1v) is 8.92. The SMILES string of the molecule is Oc1cc(-c2cn[nH]c2)ccc1-c1cc2[nH]cc(N3CCNCC3)c2nn1. The summed E-state index contributed by atoms with van der Waals surface area (Å²) in [5, 5.41) is 29.4. The van der Waals surface area contributed by atoms with Crippen molar-refractivity contribution in [2.24, 2.45) is 0 Å². The van der Waals surface area contributed by atoms with E-state index in [0.717, 1.165) is 54.0 Å². The maximum Gasteiger partial charge on any atom is 0.134 e. The third-order valence-electron chi connectivity index (χ3n) is 4.96. The van der Waals surface area contributed by atoms with Crippen molar-refractivity contribution >= 4 is 16.7 Å². The summed E-state index contributed by atoms with van der Waals surface area (Å²) in [5.41, 5.74) is 5.93. The number of phenolic OH excluding ortho intramolecular Hbond substituents is 1. The topological polar surface area (TPSA) is 106 Å². The molecule has 0 bridgehead atoms. The third kappa shape index (κ3) is 2.80. The van der Waals surface area contributed by atoms with Crippen LogP contribution in [0.1, 0.15) is 0 Å². The minimum atomic E-state index is 0.163. The summed E-state index contributed by atoms with van der Waals surface area (Å²) >= 11 is 0. The first-order valence-electron chi connectivity index (χ1n) is 8.92. The van der Waals surface area contributed by atoms with Crippen LogP contribution >= 0.6 is 0 Å². The van der Waals surface area contributed by atoms with E-state index in [2.05, 4.69) is 35.6 Å². The molecule has 4 N–H and O–H groups in total. The van der Waals surface area contributed by atoms with Crippen molar-refractivity contribution in [3.8, 4) is 28.1 Å². The molecule has 0 amide bonds. The van der Waals surface area contributed by atoms with E-state index in [9.17, 15) is 5.11 Å². The molecule has 136 valence electrons. The molecule has 5 rings (SSSR count). The molecule has 8 nitrogen and oxygen atoms in total. The Kier molecular flexibility index (Phi) is 3.75. The minimum Gasteiger partial charge on any atom is -0.507 e. The van der Waals surface area contributed by atoms with Gasteiger partial charge >= 0.3 is 0 Å². The van der Waals surface area contributed by atoms with Gasteiger partial charge in [-0.15, -0.1) is 10.2 Å². The Morgan fingerprint density at radius 2 is 1.89 bits per heavy atom. The van der Waals surface area contributed by atoms with Gasteiger partial charge in [0.1, 0.15) is 11.3 Å². The molecule has 4 heterocycles. The van der Waals surface area contributed by atoms with Gasteiger partial charge in [-0.05, 0) is 23.8 Å². The van der Waals surface area contributed by atoms with E-state index >= 15 is 0 Å². The molecule has 3 aromatic heterocycles. The lowest BCUT2D eigenvalue weighted by atomic mass is 10.0. The monoisotopic (exact) mass is 361 g/mol. The van der Waals surface area contributed by atoms with Crippen LogP contribution in [0.25, 0.3) is 33.4 Å². The highest BCUT2D eigenvalue weighted by molar-refractivity contribution is 5.91. The van der Waals surface area contributed by atoms with E-state index in [1.54, 1.807) is 18.5 Å². The highest BCUT2D eigenvalue weighted by atomic mass is 16.3. The first-order chi connectivity index (χ1) is 13.3. The number of aromatic hydroxyl groups is 1. The molecule has 8 heteroatoms. The van der Waals surface area contributed by atoms with E-state index in [4.69, 9.17) is 0 Å².